The number of nitrogens with two attached hydrogens (primary N) is 1. The van der Waals surface area contributed by atoms with Crippen LogP contribution >= 0.6 is 0 Å². The van der Waals surface area contributed by atoms with Crippen LogP contribution in [0.2, 0.25) is 0 Å². The molecule has 0 radical (unpaired) electrons. The zero-order valence-corrected chi connectivity index (χ0v) is 12.8. The Hall–Kier alpha value is -3.21. The van der Waals surface area contributed by atoms with Gasteiger partial charge in [-0.2, -0.15) is 0 Å². The van der Waals surface area contributed by atoms with Crippen LogP contribution in [0.5, 0.6) is 11.5 Å². The zero-order valence-electron chi connectivity index (χ0n) is 12.8. The number of allylic oxidation sites excluding steroid dienone is 2. The van der Waals surface area contributed by atoms with Crippen molar-refractivity contribution in [2.75, 3.05) is 0 Å². The second-order valence-corrected chi connectivity index (χ2v) is 5.21. The Morgan fingerprint density at radius 1 is 1.04 bits per heavy atom. The van der Waals surface area contributed by atoms with Gasteiger partial charge in [0.25, 0.3) is 0 Å². The maximum absolute atomic E-state index is 12.9. The van der Waals surface area contributed by atoms with Crippen molar-refractivity contribution in [2.45, 2.75) is 6.42 Å². The van der Waals surface area contributed by atoms with E-state index in [0.717, 1.165) is 11.3 Å². The maximum Gasteiger partial charge on any atom is 0.244 e. The minimum atomic E-state index is -0.443. The molecule has 0 aliphatic carbocycles. The number of primary amides is 1. The van der Waals surface area contributed by atoms with Crippen molar-refractivity contribution >= 4 is 17.8 Å². The third kappa shape index (κ3) is 3.76. The van der Waals surface area contributed by atoms with E-state index in [1.807, 2.05) is 30.3 Å². The minimum Gasteiger partial charge on any atom is -0.457 e. The summed E-state index contributed by atoms with van der Waals surface area (Å²) in [6.07, 6.45) is 5.49. The Balaban J connectivity index is 1.73. The van der Waals surface area contributed by atoms with Gasteiger partial charge in [-0.3, -0.25) is 9.79 Å². The Kier molecular flexibility index (Phi) is 4.52. The van der Waals surface area contributed by atoms with Gasteiger partial charge in [0, 0.05) is 17.4 Å². The highest BCUT2D eigenvalue weighted by atomic mass is 19.1. The number of rotatable bonds is 4. The van der Waals surface area contributed by atoms with Gasteiger partial charge in [-0.1, -0.05) is 6.08 Å². The lowest BCUT2D eigenvalue weighted by Crippen LogP contribution is -2.13. The van der Waals surface area contributed by atoms with Crippen LogP contribution in [0.1, 0.15) is 12.0 Å². The summed E-state index contributed by atoms with van der Waals surface area (Å²) >= 11 is 0. The summed E-state index contributed by atoms with van der Waals surface area (Å²) in [5.41, 5.74) is 7.46. The monoisotopic (exact) mass is 322 g/mol. The van der Waals surface area contributed by atoms with Gasteiger partial charge in [-0.25, -0.2) is 4.39 Å². The fraction of sp³-hybridized carbons (Fsp3) is 0.0526. The highest BCUT2D eigenvalue weighted by Gasteiger charge is 2.08. The first-order chi connectivity index (χ1) is 11.6. The van der Waals surface area contributed by atoms with Crippen LogP contribution in [0, 0.1) is 5.82 Å². The lowest BCUT2D eigenvalue weighted by molar-refractivity contribution is -0.114. The van der Waals surface area contributed by atoms with Crippen LogP contribution in [-0.4, -0.2) is 12.1 Å². The van der Waals surface area contributed by atoms with Crippen LogP contribution in [0.15, 0.2) is 71.2 Å². The Morgan fingerprint density at radius 3 is 2.29 bits per heavy atom. The van der Waals surface area contributed by atoms with Gasteiger partial charge in [0.1, 0.15) is 17.3 Å². The lowest BCUT2D eigenvalue weighted by Gasteiger charge is -2.07. The predicted octanol–water partition coefficient (Wildman–Crippen LogP) is 3.85. The number of carbonyl (C=O) groups excluding carboxylic acids is 1. The smallest absolute Gasteiger partial charge is 0.244 e. The number of benzene rings is 2. The second kappa shape index (κ2) is 6.91. The molecule has 1 aliphatic heterocycles. The van der Waals surface area contributed by atoms with E-state index >= 15 is 0 Å². The molecule has 1 aliphatic rings. The molecule has 1 heterocycles. The number of hydrogen-bond donors (Lipinski definition) is 1. The number of carbonyl (C=O) groups is 1. The van der Waals surface area contributed by atoms with Crippen molar-refractivity contribution in [1.29, 1.82) is 0 Å². The normalized spacial score (nSPS) is 13.7. The van der Waals surface area contributed by atoms with Gasteiger partial charge < -0.3 is 10.5 Å². The van der Waals surface area contributed by atoms with E-state index in [1.165, 1.54) is 12.1 Å². The second-order valence-electron chi connectivity index (χ2n) is 5.21. The molecule has 0 atom stereocenters. The van der Waals surface area contributed by atoms with Gasteiger partial charge in [0.15, 0.2) is 0 Å². The van der Waals surface area contributed by atoms with Crippen molar-refractivity contribution in [2.24, 2.45) is 10.7 Å². The van der Waals surface area contributed by atoms with Crippen LogP contribution in [0.25, 0.3) is 5.70 Å². The van der Waals surface area contributed by atoms with Gasteiger partial charge in [-0.05, 0) is 61.0 Å². The summed E-state index contributed by atoms with van der Waals surface area (Å²) in [7, 11) is 0. The Morgan fingerprint density at radius 2 is 1.67 bits per heavy atom. The summed E-state index contributed by atoms with van der Waals surface area (Å²) in [5.74, 6) is 0.451. The molecule has 2 aromatic rings. The molecule has 120 valence electrons. The fourth-order valence-corrected chi connectivity index (χ4v) is 2.24. The van der Waals surface area contributed by atoms with Gasteiger partial charge in [0.05, 0.1) is 5.70 Å². The molecular formula is C19H15FN2O2. The largest absolute Gasteiger partial charge is 0.457 e. The van der Waals surface area contributed by atoms with Gasteiger partial charge in [0.2, 0.25) is 5.91 Å². The number of amides is 1. The fourth-order valence-electron chi connectivity index (χ4n) is 2.24. The third-order valence-electron chi connectivity index (χ3n) is 3.52. The van der Waals surface area contributed by atoms with Crippen molar-refractivity contribution < 1.29 is 13.9 Å². The zero-order chi connectivity index (χ0) is 16.9. The Bertz CT molecular complexity index is 835. The molecule has 0 aromatic heterocycles. The van der Waals surface area contributed by atoms with E-state index in [-0.39, 0.29) is 5.82 Å². The maximum atomic E-state index is 12.9. The first kappa shape index (κ1) is 15.7. The van der Waals surface area contributed by atoms with E-state index in [4.69, 9.17) is 10.5 Å². The third-order valence-corrected chi connectivity index (χ3v) is 3.52. The molecule has 0 fully saturated rings. The molecular weight excluding hydrogens is 307 g/mol. The first-order valence-corrected chi connectivity index (χ1v) is 7.39. The summed E-state index contributed by atoms with van der Waals surface area (Å²) < 4.78 is 18.5. The summed E-state index contributed by atoms with van der Waals surface area (Å²) in [5, 5.41) is 0. The van der Waals surface area contributed by atoms with Crippen LogP contribution in [0.4, 0.5) is 4.39 Å². The quantitative estimate of drug-likeness (QED) is 0.929. The van der Waals surface area contributed by atoms with E-state index in [9.17, 15) is 9.18 Å². The van der Waals surface area contributed by atoms with E-state index in [2.05, 4.69) is 4.99 Å². The summed E-state index contributed by atoms with van der Waals surface area (Å²) in [6.45, 7) is 0. The predicted molar refractivity (Wildman–Crippen MR) is 91.3 cm³/mol. The molecule has 1 amide bonds. The molecule has 0 bridgehead atoms. The number of ether oxygens (including phenoxy) is 1. The molecule has 24 heavy (non-hydrogen) atoms. The van der Waals surface area contributed by atoms with E-state index in [0.29, 0.717) is 23.5 Å². The average molecular weight is 322 g/mol. The standard InChI is InChI=1S/C19H15FN2O2/c20-15-4-8-17(9-5-15)24-16-6-1-13(2-7-16)18-10-3-14(19(21)23)11-12-22-18/h1-2,4-12H,3H2,(H2,21,23). The van der Waals surface area contributed by atoms with Crippen molar-refractivity contribution in [1.82, 2.24) is 0 Å². The minimum absolute atomic E-state index is 0.306. The van der Waals surface area contributed by atoms with Gasteiger partial charge >= 0.3 is 0 Å². The van der Waals surface area contributed by atoms with E-state index < -0.39 is 5.91 Å². The van der Waals surface area contributed by atoms with Crippen molar-refractivity contribution in [3.8, 4) is 11.5 Å². The lowest BCUT2D eigenvalue weighted by atomic mass is 10.1. The number of halogens is 1. The van der Waals surface area contributed by atoms with Crippen LogP contribution in [0.3, 0.4) is 0 Å². The highest BCUT2D eigenvalue weighted by Crippen LogP contribution is 2.25. The van der Waals surface area contributed by atoms with Crippen LogP contribution in [-0.2, 0) is 4.79 Å². The Labute approximate surface area is 138 Å². The van der Waals surface area contributed by atoms with Crippen molar-refractivity contribution in [3.63, 3.8) is 0 Å². The SMILES string of the molecule is NC(=O)C1=CC=NC(c2ccc(Oc3ccc(F)cc3)cc2)=CC1. The molecule has 0 saturated carbocycles. The molecule has 3 rings (SSSR count). The molecule has 2 N–H and O–H groups in total. The topological polar surface area (TPSA) is 64.7 Å². The molecule has 5 heteroatoms. The number of nitrogens with zero attached hydrogens (tertiary/aromatic N) is 1. The molecule has 0 saturated heterocycles. The number of hydrogen-bond acceptors (Lipinski definition) is 3. The molecule has 0 spiro atoms. The van der Waals surface area contributed by atoms with E-state index in [1.54, 1.807) is 24.4 Å². The number of aliphatic imine (C=N–C) groups is 1. The van der Waals surface area contributed by atoms with Crippen LogP contribution < -0.4 is 10.5 Å². The molecule has 0 unspecified atom stereocenters. The highest BCUT2D eigenvalue weighted by molar-refractivity contribution is 5.98. The van der Waals surface area contributed by atoms with Gasteiger partial charge in [-0.15, -0.1) is 0 Å². The van der Waals surface area contributed by atoms with Crippen molar-refractivity contribution in [3.05, 3.63) is 77.6 Å². The molecule has 2 aromatic carbocycles. The molecule has 4 nitrogen and oxygen atoms in total. The summed E-state index contributed by atoms with van der Waals surface area (Å²) in [6, 6.07) is 13.2. The average Bonchev–Trinajstić information content (AvgIpc) is 2.84. The first-order valence-electron chi connectivity index (χ1n) is 7.39. The summed E-state index contributed by atoms with van der Waals surface area (Å²) in [4.78, 5) is 15.5.